The molecular formula is C14H31N3O2. The fourth-order valence-corrected chi connectivity index (χ4v) is 2.80. The lowest BCUT2D eigenvalue weighted by atomic mass is 9.93. The van der Waals surface area contributed by atoms with Gasteiger partial charge in [0.1, 0.15) is 0 Å². The Labute approximate surface area is 118 Å². The van der Waals surface area contributed by atoms with Gasteiger partial charge in [-0.1, -0.05) is 0 Å². The quantitative estimate of drug-likeness (QED) is 0.656. The summed E-state index contributed by atoms with van der Waals surface area (Å²) in [6.07, 6.45) is 1.87. The van der Waals surface area contributed by atoms with E-state index in [-0.39, 0.29) is 11.8 Å². The van der Waals surface area contributed by atoms with Crippen LogP contribution in [0.2, 0.25) is 0 Å². The van der Waals surface area contributed by atoms with E-state index in [0.717, 1.165) is 18.9 Å². The minimum Gasteiger partial charge on any atom is -0.356 e. The van der Waals surface area contributed by atoms with E-state index in [1.165, 1.54) is 19.5 Å². The van der Waals surface area contributed by atoms with Gasteiger partial charge in [0.05, 0.1) is 0 Å². The molecule has 0 saturated carbocycles. The summed E-state index contributed by atoms with van der Waals surface area (Å²) in [5.41, 5.74) is 5.92. The van der Waals surface area contributed by atoms with Gasteiger partial charge in [0.15, 0.2) is 6.29 Å². The number of nitrogens with two attached hydrogens (primary N) is 1. The molecule has 0 spiro atoms. The first-order valence-electron chi connectivity index (χ1n) is 7.10. The molecule has 1 heterocycles. The van der Waals surface area contributed by atoms with Crippen molar-refractivity contribution in [2.45, 2.75) is 31.6 Å². The largest absolute Gasteiger partial charge is 0.356 e. The molecule has 2 unspecified atom stereocenters. The van der Waals surface area contributed by atoms with Crippen molar-refractivity contribution < 1.29 is 9.47 Å². The molecule has 2 atom stereocenters. The average Bonchev–Trinajstić information content (AvgIpc) is 2.81. The summed E-state index contributed by atoms with van der Waals surface area (Å²) < 4.78 is 10.6. The molecule has 5 nitrogen and oxygen atoms in total. The fourth-order valence-electron chi connectivity index (χ4n) is 2.80. The van der Waals surface area contributed by atoms with Crippen molar-refractivity contribution in [3.8, 4) is 0 Å². The third kappa shape index (κ3) is 4.68. The second kappa shape index (κ2) is 7.55. The molecule has 5 heteroatoms. The molecule has 0 aromatic rings. The van der Waals surface area contributed by atoms with Gasteiger partial charge in [-0.3, -0.25) is 4.90 Å². The average molecular weight is 273 g/mol. The van der Waals surface area contributed by atoms with Crippen molar-refractivity contribution in [1.82, 2.24) is 9.80 Å². The smallest absolute Gasteiger partial charge is 0.158 e. The van der Waals surface area contributed by atoms with Crippen molar-refractivity contribution in [3.63, 3.8) is 0 Å². The Morgan fingerprint density at radius 2 is 2.05 bits per heavy atom. The molecule has 1 saturated heterocycles. The van der Waals surface area contributed by atoms with Gasteiger partial charge in [-0.2, -0.15) is 0 Å². The van der Waals surface area contributed by atoms with Crippen LogP contribution in [-0.2, 0) is 9.47 Å². The normalized spacial score (nSPS) is 24.3. The van der Waals surface area contributed by atoms with Gasteiger partial charge in [-0.15, -0.1) is 0 Å². The first-order valence-corrected chi connectivity index (χ1v) is 7.10. The Balaban J connectivity index is 2.55. The SMILES string of the molecule is COC(CC(C)(CN)N(C)CC1CCN(C)C1)OC. The standard InChI is InChI=1S/C14H31N3O2/c1-14(11-15,8-13(18-4)19-5)17(3)10-12-6-7-16(2)9-12/h12-13H,6-11,15H2,1-5H3. The van der Waals surface area contributed by atoms with Crippen LogP contribution in [0.25, 0.3) is 0 Å². The summed E-state index contributed by atoms with van der Waals surface area (Å²) in [7, 11) is 7.70. The number of likely N-dealkylation sites (N-methyl/N-ethyl adjacent to an activating group) is 1. The topological polar surface area (TPSA) is 51.0 Å². The minimum absolute atomic E-state index is 0.0855. The highest BCUT2D eigenvalue weighted by molar-refractivity contribution is 4.89. The maximum absolute atomic E-state index is 6.00. The molecule has 1 fully saturated rings. The zero-order valence-electron chi connectivity index (χ0n) is 13.2. The molecule has 0 radical (unpaired) electrons. The van der Waals surface area contributed by atoms with Gasteiger partial charge in [0, 0.05) is 45.8 Å². The van der Waals surface area contributed by atoms with Crippen molar-refractivity contribution in [2.75, 3.05) is 54.5 Å². The number of nitrogens with zero attached hydrogens (tertiary/aromatic N) is 2. The molecule has 0 amide bonds. The first-order chi connectivity index (χ1) is 8.95. The first kappa shape index (κ1) is 16.9. The highest BCUT2D eigenvalue weighted by atomic mass is 16.7. The molecule has 1 aliphatic rings. The lowest BCUT2D eigenvalue weighted by molar-refractivity contribution is -0.127. The lowest BCUT2D eigenvalue weighted by Gasteiger charge is -2.41. The Hall–Kier alpha value is -0.200. The van der Waals surface area contributed by atoms with E-state index in [1.807, 2.05) is 0 Å². The second-order valence-electron chi connectivity index (χ2n) is 6.10. The Morgan fingerprint density at radius 3 is 2.47 bits per heavy atom. The van der Waals surface area contributed by atoms with Gasteiger partial charge >= 0.3 is 0 Å². The van der Waals surface area contributed by atoms with Gasteiger partial charge < -0.3 is 20.1 Å². The van der Waals surface area contributed by atoms with Crippen molar-refractivity contribution >= 4 is 0 Å². The van der Waals surface area contributed by atoms with Gasteiger partial charge in [-0.25, -0.2) is 0 Å². The monoisotopic (exact) mass is 273 g/mol. The van der Waals surface area contributed by atoms with E-state index < -0.39 is 0 Å². The fraction of sp³-hybridized carbons (Fsp3) is 1.00. The van der Waals surface area contributed by atoms with Gasteiger partial charge in [0.25, 0.3) is 0 Å². The predicted octanol–water partition coefficient (Wildman–Crippen LogP) is 0.596. The highest BCUT2D eigenvalue weighted by Crippen LogP contribution is 2.24. The van der Waals surface area contributed by atoms with Crippen molar-refractivity contribution in [2.24, 2.45) is 11.7 Å². The maximum Gasteiger partial charge on any atom is 0.158 e. The van der Waals surface area contributed by atoms with Crippen LogP contribution in [0.3, 0.4) is 0 Å². The number of likely N-dealkylation sites (tertiary alicyclic amines) is 1. The molecule has 0 bridgehead atoms. The Kier molecular flexibility index (Phi) is 6.69. The number of rotatable bonds is 8. The van der Waals surface area contributed by atoms with E-state index in [0.29, 0.717) is 6.54 Å². The Morgan fingerprint density at radius 1 is 1.42 bits per heavy atom. The number of methoxy groups -OCH3 is 2. The third-order valence-corrected chi connectivity index (χ3v) is 4.51. The molecule has 1 rings (SSSR count). The summed E-state index contributed by atoms with van der Waals surface area (Å²) in [6, 6.07) is 0. The molecule has 1 aliphatic heterocycles. The van der Waals surface area contributed by atoms with E-state index in [2.05, 4.69) is 30.8 Å². The summed E-state index contributed by atoms with van der Waals surface area (Å²) in [5.74, 6) is 0.740. The highest BCUT2D eigenvalue weighted by Gasteiger charge is 2.33. The van der Waals surface area contributed by atoms with Gasteiger partial charge in [-0.05, 0) is 39.9 Å². The molecule has 0 aliphatic carbocycles. The van der Waals surface area contributed by atoms with Gasteiger partial charge in [0.2, 0.25) is 0 Å². The van der Waals surface area contributed by atoms with E-state index in [9.17, 15) is 0 Å². The lowest BCUT2D eigenvalue weighted by Crippen LogP contribution is -2.53. The van der Waals surface area contributed by atoms with Crippen molar-refractivity contribution in [3.05, 3.63) is 0 Å². The minimum atomic E-state index is -0.192. The summed E-state index contributed by atoms with van der Waals surface area (Å²) in [5, 5.41) is 0. The molecular weight excluding hydrogens is 242 g/mol. The van der Waals surface area contributed by atoms with Crippen LogP contribution in [0.1, 0.15) is 19.8 Å². The van der Waals surface area contributed by atoms with Crippen molar-refractivity contribution in [1.29, 1.82) is 0 Å². The summed E-state index contributed by atoms with van der Waals surface area (Å²) in [6.45, 7) is 6.27. The predicted molar refractivity (Wildman–Crippen MR) is 78.1 cm³/mol. The van der Waals surface area contributed by atoms with E-state index in [4.69, 9.17) is 15.2 Å². The van der Waals surface area contributed by atoms with Crippen LogP contribution < -0.4 is 5.73 Å². The maximum atomic E-state index is 6.00. The third-order valence-electron chi connectivity index (χ3n) is 4.51. The zero-order valence-corrected chi connectivity index (χ0v) is 13.2. The number of hydrogen-bond donors (Lipinski definition) is 1. The summed E-state index contributed by atoms with van der Waals surface area (Å²) >= 11 is 0. The van der Waals surface area contributed by atoms with Crippen LogP contribution in [0.4, 0.5) is 0 Å². The summed E-state index contributed by atoms with van der Waals surface area (Å²) in [4.78, 5) is 4.77. The van der Waals surface area contributed by atoms with Crippen LogP contribution in [0, 0.1) is 5.92 Å². The molecule has 19 heavy (non-hydrogen) atoms. The van der Waals surface area contributed by atoms with Crippen LogP contribution in [-0.4, -0.2) is 76.1 Å². The molecule has 2 N–H and O–H groups in total. The van der Waals surface area contributed by atoms with E-state index in [1.54, 1.807) is 14.2 Å². The molecule has 0 aromatic carbocycles. The van der Waals surface area contributed by atoms with Crippen LogP contribution in [0.5, 0.6) is 0 Å². The van der Waals surface area contributed by atoms with E-state index >= 15 is 0 Å². The second-order valence-corrected chi connectivity index (χ2v) is 6.10. The zero-order chi connectivity index (χ0) is 14.5. The van der Waals surface area contributed by atoms with Crippen LogP contribution >= 0.6 is 0 Å². The number of hydrogen-bond acceptors (Lipinski definition) is 5. The molecule has 114 valence electrons. The number of ether oxygens (including phenoxy) is 2. The molecule has 0 aromatic heterocycles. The van der Waals surface area contributed by atoms with Crippen LogP contribution in [0.15, 0.2) is 0 Å². The Bertz CT molecular complexity index is 261.